The van der Waals surface area contributed by atoms with E-state index in [4.69, 9.17) is 14.2 Å². The quantitative estimate of drug-likeness (QED) is 0.792. The molecule has 0 spiro atoms. The molecule has 4 heteroatoms. The predicted octanol–water partition coefficient (Wildman–Crippen LogP) is 3.70. The first kappa shape index (κ1) is 14.8. The van der Waals surface area contributed by atoms with Gasteiger partial charge in [0.2, 0.25) is 5.79 Å². The molecule has 1 aromatic rings. The summed E-state index contributed by atoms with van der Waals surface area (Å²) in [7, 11) is 1.66. The minimum Gasteiger partial charge on any atom is -0.497 e. The van der Waals surface area contributed by atoms with Gasteiger partial charge in [0, 0.05) is 11.0 Å². The van der Waals surface area contributed by atoms with Crippen molar-refractivity contribution in [3.8, 4) is 5.75 Å². The van der Waals surface area contributed by atoms with Crippen molar-refractivity contribution >= 4 is 15.9 Å². The summed E-state index contributed by atoms with van der Waals surface area (Å²) in [4.78, 5) is 0.0597. The van der Waals surface area contributed by atoms with Gasteiger partial charge in [-0.3, -0.25) is 0 Å². The largest absolute Gasteiger partial charge is 0.497 e. The molecule has 106 valence electrons. The van der Waals surface area contributed by atoms with Crippen molar-refractivity contribution in [2.24, 2.45) is 5.41 Å². The zero-order chi connectivity index (χ0) is 14.1. The molecule has 0 saturated carbocycles. The van der Waals surface area contributed by atoms with Gasteiger partial charge in [0.1, 0.15) is 5.75 Å². The smallest absolute Gasteiger partial charge is 0.207 e. The van der Waals surface area contributed by atoms with Crippen LogP contribution < -0.4 is 4.74 Å². The molecule has 3 nitrogen and oxygen atoms in total. The fourth-order valence-corrected chi connectivity index (χ4v) is 2.67. The van der Waals surface area contributed by atoms with Crippen LogP contribution in [0.1, 0.15) is 26.3 Å². The third-order valence-corrected chi connectivity index (χ3v) is 3.97. The maximum absolute atomic E-state index is 6.09. The standard InChI is InChI=1S/C15H21BrO3/c1-11(16)15(18-9-14(2,3)10-19-15)12-5-7-13(17-4)8-6-12/h5-8,11H,9-10H2,1-4H3. The van der Waals surface area contributed by atoms with Crippen LogP contribution in [0.2, 0.25) is 0 Å². The minimum atomic E-state index is -0.720. The molecule has 0 bridgehead atoms. The fourth-order valence-electron chi connectivity index (χ4n) is 2.14. The molecule has 0 radical (unpaired) electrons. The van der Waals surface area contributed by atoms with Gasteiger partial charge in [0.25, 0.3) is 0 Å². The van der Waals surface area contributed by atoms with Crippen molar-refractivity contribution in [2.75, 3.05) is 20.3 Å². The lowest BCUT2D eigenvalue weighted by Gasteiger charge is -2.45. The first-order valence-electron chi connectivity index (χ1n) is 6.46. The number of hydrogen-bond donors (Lipinski definition) is 0. The van der Waals surface area contributed by atoms with Crippen molar-refractivity contribution in [3.63, 3.8) is 0 Å². The molecule has 1 unspecified atom stereocenters. The zero-order valence-electron chi connectivity index (χ0n) is 11.9. The van der Waals surface area contributed by atoms with E-state index in [1.807, 2.05) is 31.2 Å². The van der Waals surface area contributed by atoms with E-state index in [1.165, 1.54) is 0 Å². The zero-order valence-corrected chi connectivity index (χ0v) is 13.5. The van der Waals surface area contributed by atoms with Crippen LogP contribution in [-0.2, 0) is 15.3 Å². The summed E-state index contributed by atoms with van der Waals surface area (Å²) in [5.74, 6) is 0.110. The summed E-state index contributed by atoms with van der Waals surface area (Å²) in [6.07, 6.45) is 0. The molecule has 1 atom stereocenters. The number of methoxy groups -OCH3 is 1. The van der Waals surface area contributed by atoms with E-state index in [1.54, 1.807) is 7.11 Å². The topological polar surface area (TPSA) is 27.7 Å². The van der Waals surface area contributed by atoms with Gasteiger partial charge in [-0.05, 0) is 31.2 Å². The third kappa shape index (κ3) is 2.96. The van der Waals surface area contributed by atoms with E-state index in [0.717, 1.165) is 11.3 Å². The Hall–Kier alpha value is -0.580. The summed E-state index contributed by atoms with van der Waals surface area (Å²) >= 11 is 3.62. The SMILES string of the molecule is COc1ccc(C2(C(C)Br)OCC(C)(C)CO2)cc1. The highest BCUT2D eigenvalue weighted by Gasteiger charge is 2.45. The Kier molecular flexibility index (Phi) is 4.23. The van der Waals surface area contributed by atoms with Crippen molar-refractivity contribution in [1.29, 1.82) is 0 Å². The number of halogens is 1. The summed E-state index contributed by atoms with van der Waals surface area (Å²) < 4.78 is 17.4. The molecule has 1 aromatic carbocycles. The highest BCUT2D eigenvalue weighted by atomic mass is 79.9. The van der Waals surface area contributed by atoms with Crippen LogP contribution in [0.5, 0.6) is 5.75 Å². The molecule has 1 aliphatic heterocycles. The lowest BCUT2D eigenvalue weighted by molar-refractivity contribution is -0.305. The Morgan fingerprint density at radius 1 is 1.16 bits per heavy atom. The number of rotatable bonds is 3. The highest BCUT2D eigenvalue weighted by Crippen LogP contribution is 2.41. The van der Waals surface area contributed by atoms with Gasteiger partial charge in [-0.15, -0.1) is 0 Å². The molecular weight excluding hydrogens is 308 g/mol. The molecule has 2 rings (SSSR count). The molecule has 19 heavy (non-hydrogen) atoms. The van der Waals surface area contributed by atoms with Crippen LogP contribution in [-0.4, -0.2) is 25.2 Å². The van der Waals surface area contributed by atoms with Gasteiger partial charge in [0.15, 0.2) is 0 Å². The molecule has 1 saturated heterocycles. The minimum absolute atomic E-state index is 0.0534. The lowest BCUT2D eigenvalue weighted by Crippen LogP contribution is -2.49. The monoisotopic (exact) mass is 328 g/mol. The number of hydrogen-bond acceptors (Lipinski definition) is 3. The number of ether oxygens (including phenoxy) is 3. The Labute approximate surface area is 123 Å². The Morgan fingerprint density at radius 2 is 1.68 bits per heavy atom. The van der Waals surface area contributed by atoms with Crippen LogP contribution in [0.15, 0.2) is 24.3 Å². The van der Waals surface area contributed by atoms with Gasteiger partial charge in [0.05, 0.1) is 25.2 Å². The highest BCUT2D eigenvalue weighted by molar-refractivity contribution is 9.09. The molecule has 0 N–H and O–H groups in total. The van der Waals surface area contributed by atoms with Gasteiger partial charge >= 0.3 is 0 Å². The molecule has 0 aliphatic carbocycles. The van der Waals surface area contributed by atoms with Crippen LogP contribution >= 0.6 is 15.9 Å². The Morgan fingerprint density at radius 3 is 2.11 bits per heavy atom. The second-order valence-electron chi connectivity index (χ2n) is 5.75. The summed E-state index contributed by atoms with van der Waals surface area (Å²) in [6.45, 7) is 7.68. The lowest BCUT2D eigenvalue weighted by atomic mass is 9.92. The molecule has 0 aromatic heterocycles. The van der Waals surface area contributed by atoms with E-state index in [0.29, 0.717) is 13.2 Å². The van der Waals surface area contributed by atoms with Gasteiger partial charge in [-0.2, -0.15) is 0 Å². The number of alkyl halides is 1. The van der Waals surface area contributed by atoms with E-state index in [9.17, 15) is 0 Å². The maximum atomic E-state index is 6.09. The molecule has 1 aliphatic rings. The first-order valence-corrected chi connectivity index (χ1v) is 7.38. The van der Waals surface area contributed by atoms with Crippen molar-refractivity contribution < 1.29 is 14.2 Å². The second kappa shape index (κ2) is 5.43. The number of benzene rings is 1. The van der Waals surface area contributed by atoms with Crippen LogP contribution in [0.3, 0.4) is 0 Å². The summed E-state index contributed by atoms with van der Waals surface area (Å²) in [5.41, 5.74) is 1.06. The van der Waals surface area contributed by atoms with Crippen molar-refractivity contribution in [3.05, 3.63) is 29.8 Å². The normalized spacial score (nSPS) is 22.8. The molecular formula is C15H21BrO3. The molecule has 1 heterocycles. The van der Waals surface area contributed by atoms with Crippen LogP contribution in [0.25, 0.3) is 0 Å². The van der Waals surface area contributed by atoms with Gasteiger partial charge < -0.3 is 14.2 Å². The van der Waals surface area contributed by atoms with E-state index in [2.05, 4.69) is 29.8 Å². The van der Waals surface area contributed by atoms with Crippen LogP contribution in [0, 0.1) is 5.41 Å². The van der Waals surface area contributed by atoms with E-state index < -0.39 is 5.79 Å². The van der Waals surface area contributed by atoms with Gasteiger partial charge in [-0.25, -0.2) is 0 Å². The summed E-state index contributed by atoms with van der Waals surface area (Å²) in [6, 6.07) is 7.85. The fraction of sp³-hybridized carbons (Fsp3) is 0.600. The third-order valence-electron chi connectivity index (χ3n) is 3.37. The predicted molar refractivity (Wildman–Crippen MR) is 78.7 cm³/mol. The van der Waals surface area contributed by atoms with Crippen molar-refractivity contribution in [2.45, 2.75) is 31.4 Å². The Bertz CT molecular complexity index is 416. The van der Waals surface area contributed by atoms with Gasteiger partial charge in [-0.1, -0.05) is 29.8 Å². The van der Waals surface area contributed by atoms with Crippen LogP contribution in [0.4, 0.5) is 0 Å². The molecule has 0 amide bonds. The average molecular weight is 329 g/mol. The molecule has 1 fully saturated rings. The maximum Gasteiger partial charge on any atom is 0.207 e. The van der Waals surface area contributed by atoms with E-state index in [-0.39, 0.29) is 10.2 Å². The summed E-state index contributed by atoms with van der Waals surface area (Å²) in [5, 5.41) is 0. The second-order valence-corrected chi connectivity index (χ2v) is 7.13. The van der Waals surface area contributed by atoms with E-state index >= 15 is 0 Å². The Balaban J connectivity index is 2.29. The van der Waals surface area contributed by atoms with Crippen molar-refractivity contribution in [1.82, 2.24) is 0 Å². The average Bonchev–Trinajstić information content (AvgIpc) is 2.39. The first-order chi connectivity index (χ1) is 8.89.